The molecule has 2 aromatic carbocycles. The highest BCUT2D eigenvalue weighted by atomic mass is 19.1. The fourth-order valence-corrected chi connectivity index (χ4v) is 4.14. The van der Waals surface area contributed by atoms with Crippen LogP contribution in [-0.4, -0.2) is 60.1 Å². The highest BCUT2D eigenvalue weighted by molar-refractivity contribution is 6.41. The first-order valence-electron chi connectivity index (χ1n) is 10.6. The lowest BCUT2D eigenvalue weighted by molar-refractivity contribution is 0.0322. The van der Waals surface area contributed by atoms with Gasteiger partial charge in [0.05, 0.1) is 13.2 Å². The molecule has 1 saturated heterocycles. The van der Waals surface area contributed by atoms with Crippen LogP contribution < -0.4 is 4.74 Å². The summed E-state index contributed by atoms with van der Waals surface area (Å²) in [6.07, 6.45) is 4.67. The molecule has 2 heterocycles. The highest BCUT2D eigenvalue weighted by Crippen LogP contribution is 2.43. The van der Waals surface area contributed by atoms with E-state index < -0.39 is 0 Å². The van der Waals surface area contributed by atoms with Crippen LogP contribution in [-0.2, 0) is 4.74 Å². The molecule has 0 atom stereocenters. The van der Waals surface area contributed by atoms with Crippen LogP contribution in [0.2, 0.25) is 0 Å². The van der Waals surface area contributed by atoms with Gasteiger partial charge >= 0.3 is 0 Å². The second kappa shape index (κ2) is 8.98. The fourth-order valence-electron chi connectivity index (χ4n) is 4.14. The molecule has 1 aromatic heterocycles. The van der Waals surface area contributed by atoms with E-state index in [9.17, 15) is 9.18 Å². The number of aromatic nitrogens is 2. The number of morpholine rings is 1. The van der Waals surface area contributed by atoms with Gasteiger partial charge in [0, 0.05) is 54.3 Å². The van der Waals surface area contributed by atoms with Gasteiger partial charge in [0.25, 0.3) is 0 Å². The Morgan fingerprint density at radius 1 is 0.938 bits per heavy atom. The summed E-state index contributed by atoms with van der Waals surface area (Å²) in [6, 6.07) is 11.7. The molecular formula is C25H22FN3O3. The van der Waals surface area contributed by atoms with Crippen LogP contribution in [0.5, 0.6) is 5.75 Å². The quantitative estimate of drug-likeness (QED) is 0.596. The van der Waals surface area contributed by atoms with Gasteiger partial charge in [-0.3, -0.25) is 9.69 Å². The number of ketones is 1. The van der Waals surface area contributed by atoms with E-state index in [-0.39, 0.29) is 11.6 Å². The van der Waals surface area contributed by atoms with Gasteiger partial charge in [0.2, 0.25) is 0 Å². The summed E-state index contributed by atoms with van der Waals surface area (Å²) < 4.78 is 24.9. The lowest BCUT2D eigenvalue weighted by Crippen LogP contribution is -2.38. The maximum absolute atomic E-state index is 13.5. The minimum atomic E-state index is -0.326. The van der Waals surface area contributed by atoms with Crippen molar-refractivity contribution in [3.8, 4) is 5.75 Å². The van der Waals surface area contributed by atoms with E-state index in [1.54, 1.807) is 30.6 Å². The molecule has 162 valence electrons. The van der Waals surface area contributed by atoms with Gasteiger partial charge in [0.15, 0.2) is 5.78 Å². The van der Waals surface area contributed by atoms with E-state index in [0.29, 0.717) is 29.1 Å². The maximum Gasteiger partial charge on any atom is 0.195 e. The number of allylic oxidation sites excluding steroid dienone is 1. The SMILES string of the molecule is O=C1C(c2cncnc2)=C(c2ccc(F)cc2)c2ccc(OCCN3CCOCC3)cc21. The maximum atomic E-state index is 13.5. The largest absolute Gasteiger partial charge is 0.492 e. The van der Waals surface area contributed by atoms with Crippen molar-refractivity contribution in [2.75, 3.05) is 39.5 Å². The predicted molar refractivity (Wildman–Crippen MR) is 118 cm³/mol. The summed E-state index contributed by atoms with van der Waals surface area (Å²) in [6.45, 7) is 4.64. The second-order valence-electron chi connectivity index (χ2n) is 7.72. The Labute approximate surface area is 185 Å². The van der Waals surface area contributed by atoms with E-state index in [2.05, 4.69) is 14.9 Å². The minimum absolute atomic E-state index is 0.118. The van der Waals surface area contributed by atoms with Crippen LogP contribution in [0.15, 0.2) is 61.2 Å². The van der Waals surface area contributed by atoms with Crippen LogP contribution in [0.4, 0.5) is 4.39 Å². The van der Waals surface area contributed by atoms with Gasteiger partial charge in [-0.25, -0.2) is 14.4 Å². The Morgan fingerprint density at radius 3 is 2.44 bits per heavy atom. The van der Waals surface area contributed by atoms with Gasteiger partial charge in [-0.1, -0.05) is 12.1 Å². The molecule has 2 aliphatic rings. The zero-order chi connectivity index (χ0) is 21.9. The third-order valence-electron chi connectivity index (χ3n) is 5.74. The smallest absolute Gasteiger partial charge is 0.195 e. The monoisotopic (exact) mass is 431 g/mol. The number of Topliss-reactive ketones (excluding diaryl/α,β-unsaturated/α-hetero) is 1. The van der Waals surface area contributed by atoms with E-state index in [1.807, 2.05) is 12.1 Å². The Hall–Kier alpha value is -3.42. The molecule has 0 spiro atoms. The first-order chi connectivity index (χ1) is 15.7. The van der Waals surface area contributed by atoms with Crippen molar-refractivity contribution >= 4 is 16.9 Å². The summed E-state index contributed by atoms with van der Waals surface area (Å²) in [5.74, 6) is 0.203. The molecule has 0 radical (unpaired) electrons. The van der Waals surface area contributed by atoms with Crippen LogP contribution in [0.1, 0.15) is 27.0 Å². The minimum Gasteiger partial charge on any atom is -0.492 e. The first kappa shape index (κ1) is 20.5. The molecule has 3 aromatic rings. The van der Waals surface area contributed by atoms with Gasteiger partial charge in [-0.15, -0.1) is 0 Å². The number of hydrogen-bond donors (Lipinski definition) is 0. The normalized spacial score (nSPS) is 16.3. The van der Waals surface area contributed by atoms with Crippen molar-refractivity contribution in [2.45, 2.75) is 0 Å². The first-order valence-corrected chi connectivity index (χ1v) is 10.6. The second-order valence-corrected chi connectivity index (χ2v) is 7.72. The van der Waals surface area contributed by atoms with Crippen LogP contribution in [0, 0.1) is 5.82 Å². The number of ether oxygens (including phenoxy) is 2. The number of halogens is 1. The summed E-state index contributed by atoms with van der Waals surface area (Å²) in [7, 11) is 0. The molecule has 0 bridgehead atoms. The molecule has 0 saturated carbocycles. The van der Waals surface area contributed by atoms with Crippen LogP contribution >= 0.6 is 0 Å². The van der Waals surface area contributed by atoms with Gasteiger partial charge in [-0.2, -0.15) is 0 Å². The molecular weight excluding hydrogens is 409 g/mol. The number of carbonyl (C=O) groups is 1. The third kappa shape index (κ3) is 4.04. The number of hydrogen-bond acceptors (Lipinski definition) is 6. The number of rotatable bonds is 6. The van der Waals surface area contributed by atoms with E-state index in [4.69, 9.17) is 9.47 Å². The molecule has 0 unspecified atom stereocenters. The molecule has 0 N–H and O–H groups in total. The molecule has 1 aliphatic carbocycles. The summed E-state index contributed by atoms with van der Waals surface area (Å²) >= 11 is 0. The van der Waals surface area contributed by atoms with Crippen LogP contribution in [0.3, 0.4) is 0 Å². The molecule has 6 nitrogen and oxygen atoms in total. The lowest BCUT2D eigenvalue weighted by atomic mass is 9.95. The zero-order valence-electron chi connectivity index (χ0n) is 17.5. The number of benzene rings is 2. The van der Waals surface area contributed by atoms with Crippen molar-refractivity contribution in [3.63, 3.8) is 0 Å². The molecule has 32 heavy (non-hydrogen) atoms. The standard InChI is InChI=1S/C25H22FN3O3/c26-19-3-1-17(2-4-19)23-21-6-5-20(32-12-9-29-7-10-31-11-8-29)13-22(21)25(30)24(23)18-14-27-16-28-15-18/h1-6,13-16H,7-12H2. The zero-order valence-corrected chi connectivity index (χ0v) is 17.5. The Kier molecular flexibility index (Phi) is 5.75. The van der Waals surface area contributed by atoms with E-state index >= 15 is 0 Å². The molecule has 1 aliphatic heterocycles. The predicted octanol–water partition coefficient (Wildman–Crippen LogP) is 3.48. The Morgan fingerprint density at radius 2 is 1.69 bits per heavy atom. The van der Waals surface area contributed by atoms with Crippen molar-refractivity contribution in [3.05, 3.63) is 89.3 Å². The van der Waals surface area contributed by atoms with E-state index in [1.165, 1.54) is 18.5 Å². The third-order valence-corrected chi connectivity index (χ3v) is 5.74. The average molecular weight is 431 g/mol. The topological polar surface area (TPSA) is 64.5 Å². The summed E-state index contributed by atoms with van der Waals surface area (Å²) in [4.78, 5) is 23.9. The lowest BCUT2D eigenvalue weighted by Gasteiger charge is -2.26. The summed E-state index contributed by atoms with van der Waals surface area (Å²) in [5, 5.41) is 0. The number of carbonyl (C=O) groups excluding carboxylic acids is 1. The Bertz CT molecular complexity index is 1160. The molecule has 5 rings (SSSR count). The fraction of sp³-hybridized carbons (Fsp3) is 0.240. The Balaban J connectivity index is 1.45. The summed E-state index contributed by atoms with van der Waals surface area (Å²) in [5.41, 5.74) is 4.01. The van der Waals surface area contributed by atoms with Crippen molar-refractivity contribution in [2.24, 2.45) is 0 Å². The molecule has 1 fully saturated rings. The highest BCUT2D eigenvalue weighted by Gasteiger charge is 2.32. The van der Waals surface area contributed by atoms with Gasteiger partial charge < -0.3 is 9.47 Å². The van der Waals surface area contributed by atoms with Crippen molar-refractivity contribution in [1.29, 1.82) is 0 Å². The molecule has 7 heteroatoms. The van der Waals surface area contributed by atoms with Crippen LogP contribution in [0.25, 0.3) is 11.1 Å². The van der Waals surface area contributed by atoms with Crippen molar-refractivity contribution < 1.29 is 18.7 Å². The average Bonchev–Trinajstić information content (AvgIpc) is 3.13. The number of fused-ring (bicyclic) bond motifs is 1. The van der Waals surface area contributed by atoms with Gasteiger partial charge in [0.1, 0.15) is 24.5 Å². The molecule has 0 amide bonds. The number of nitrogens with zero attached hydrogens (tertiary/aromatic N) is 3. The van der Waals surface area contributed by atoms with Gasteiger partial charge in [-0.05, 0) is 41.5 Å². The van der Waals surface area contributed by atoms with Crippen molar-refractivity contribution in [1.82, 2.24) is 14.9 Å². The van der Waals surface area contributed by atoms with E-state index in [0.717, 1.165) is 49.5 Å².